The predicted octanol–water partition coefficient (Wildman–Crippen LogP) is 7.20. The second-order valence-corrected chi connectivity index (χ2v) is 18.2. The molecule has 3 saturated carbocycles. The van der Waals surface area contributed by atoms with Crippen LogP contribution in [0.25, 0.3) is 0 Å². The summed E-state index contributed by atoms with van der Waals surface area (Å²) in [6.07, 6.45) is 2.48. The molecule has 5 aliphatic rings. The maximum absolute atomic E-state index is 12.8. The van der Waals surface area contributed by atoms with Crippen molar-refractivity contribution in [3.8, 4) is 0 Å². The number of rotatable bonds is 12. The van der Waals surface area contributed by atoms with Crippen molar-refractivity contribution in [2.45, 2.75) is 177 Å². The number of carbonyl (C=O) groups is 5. The van der Waals surface area contributed by atoms with E-state index in [1.165, 1.54) is 40.2 Å². The van der Waals surface area contributed by atoms with Gasteiger partial charge >= 0.3 is 29.8 Å². The minimum absolute atomic E-state index is 0.0447. The lowest BCUT2D eigenvalue weighted by Crippen LogP contribution is -2.62. The zero-order valence-corrected chi connectivity index (χ0v) is 35.4. The van der Waals surface area contributed by atoms with E-state index in [4.69, 9.17) is 33.2 Å². The van der Waals surface area contributed by atoms with Crippen molar-refractivity contribution >= 4 is 29.8 Å². The van der Waals surface area contributed by atoms with Crippen LogP contribution >= 0.6 is 0 Å². The molecule has 4 aliphatic carbocycles. The molecule has 0 aromatic carbocycles. The lowest BCUT2D eigenvalue weighted by atomic mass is 9.46. The van der Waals surface area contributed by atoms with E-state index in [9.17, 15) is 24.0 Å². The summed E-state index contributed by atoms with van der Waals surface area (Å²) in [6.45, 7) is 24.1. The molecule has 4 fully saturated rings. The molecule has 12 heteroatoms. The van der Waals surface area contributed by atoms with Gasteiger partial charge in [-0.3, -0.25) is 24.0 Å². The van der Waals surface area contributed by atoms with Crippen molar-refractivity contribution in [3.63, 3.8) is 0 Å². The molecule has 0 aromatic rings. The Balaban J connectivity index is 1.43. The lowest BCUT2D eigenvalue weighted by molar-refractivity contribution is -0.311. The van der Waals surface area contributed by atoms with Crippen LogP contribution in [-0.2, 0) is 57.1 Å². The minimum atomic E-state index is -1.19. The maximum Gasteiger partial charge on any atom is 0.303 e. The third-order valence-electron chi connectivity index (χ3n) is 14.1. The highest BCUT2D eigenvalue weighted by atomic mass is 16.7. The third kappa shape index (κ3) is 9.06. The normalized spacial score (nSPS) is 39.5. The van der Waals surface area contributed by atoms with Gasteiger partial charge in [0, 0.05) is 46.5 Å². The second kappa shape index (κ2) is 17.3. The molecule has 1 saturated heterocycles. The SMILES string of the molecule is C=C(CC[C@@H](C)[C@H]1[C@@H](OC(C)=O)C[C@H]2[C@@H]3[C@@H](OC(C)=O)C=C4C[C@@H](O[C@@H]5O[C@@H](C)[C@@H](OC(C)=O)[C@@H](OC(C)=O)[C@@H]5OC(C)=O)CC[C@]4(C)[C@H]3CC[C@]12C)C(C)C. The Kier molecular flexibility index (Phi) is 13.6. The molecule has 15 atom stereocenters. The molecule has 0 N–H and O–H groups in total. The summed E-state index contributed by atoms with van der Waals surface area (Å²) in [5.41, 5.74) is 2.07. The van der Waals surface area contributed by atoms with Gasteiger partial charge in [-0.15, -0.1) is 0 Å². The molecular weight excluding hydrogens is 720 g/mol. The second-order valence-electron chi connectivity index (χ2n) is 18.2. The average Bonchev–Trinajstić information content (AvgIpc) is 3.37. The lowest BCUT2D eigenvalue weighted by Gasteiger charge is -2.59. The quantitative estimate of drug-likeness (QED) is 0.112. The first kappa shape index (κ1) is 43.9. The van der Waals surface area contributed by atoms with Crippen LogP contribution in [-0.4, -0.2) is 78.9 Å². The standard InChI is InChI=1S/C44H66O12/c1-22(2)23(3)13-14-24(4)38-36(52-27(7)46)21-34-37-33(16-18-44(34,38)12)43(11)17-15-32(19-31(43)20-35(37)51-26(6)45)56-42-41(55-30(10)49)40(54-29(9)48)39(25(5)50-42)53-28(8)47/h20,22,24-25,32-42H,3,13-19,21H2,1-2,4-12H3/t24-,25+,32+,33+,34+,35+,36+,37-,38+,39-,40-,41+,42+,43+,44+/m1/s1. The van der Waals surface area contributed by atoms with Gasteiger partial charge < -0.3 is 33.2 Å². The zero-order chi connectivity index (χ0) is 41.4. The van der Waals surface area contributed by atoms with E-state index >= 15 is 0 Å². The average molecular weight is 787 g/mol. The summed E-state index contributed by atoms with van der Waals surface area (Å²) in [6, 6.07) is 0. The van der Waals surface area contributed by atoms with Crippen LogP contribution in [0.15, 0.2) is 23.8 Å². The molecule has 314 valence electrons. The first-order valence-corrected chi connectivity index (χ1v) is 20.7. The van der Waals surface area contributed by atoms with Gasteiger partial charge in [-0.1, -0.05) is 52.3 Å². The van der Waals surface area contributed by atoms with Gasteiger partial charge in [-0.25, -0.2) is 0 Å². The first-order chi connectivity index (χ1) is 26.2. The van der Waals surface area contributed by atoms with Crippen LogP contribution in [0.4, 0.5) is 0 Å². The Labute approximate surface area is 333 Å². The van der Waals surface area contributed by atoms with Crippen LogP contribution < -0.4 is 0 Å². The highest BCUT2D eigenvalue weighted by Crippen LogP contribution is 2.68. The number of ether oxygens (including phenoxy) is 7. The fraction of sp³-hybridized carbons (Fsp3) is 0.795. The van der Waals surface area contributed by atoms with Gasteiger partial charge in [0.1, 0.15) is 12.2 Å². The van der Waals surface area contributed by atoms with Crippen molar-refractivity contribution in [1.82, 2.24) is 0 Å². The van der Waals surface area contributed by atoms with Crippen molar-refractivity contribution in [2.24, 2.45) is 46.3 Å². The van der Waals surface area contributed by atoms with Crippen molar-refractivity contribution in [2.75, 3.05) is 0 Å². The number of allylic oxidation sites excluding steroid dienone is 1. The van der Waals surface area contributed by atoms with Gasteiger partial charge in [0.25, 0.3) is 0 Å². The molecule has 0 bridgehead atoms. The summed E-state index contributed by atoms with van der Waals surface area (Å²) in [7, 11) is 0. The highest BCUT2D eigenvalue weighted by Gasteiger charge is 2.65. The Morgan fingerprint density at radius 3 is 1.98 bits per heavy atom. The van der Waals surface area contributed by atoms with Gasteiger partial charge in [-0.2, -0.15) is 0 Å². The molecule has 5 rings (SSSR count). The Bertz CT molecular complexity index is 1550. The molecule has 1 heterocycles. The predicted molar refractivity (Wildman–Crippen MR) is 205 cm³/mol. The van der Waals surface area contributed by atoms with E-state index in [-0.39, 0.29) is 58.6 Å². The van der Waals surface area contributed by atoms with Crippen LogP contribution in [0.5, 0.6) is 0 Å². The molecule has 0 spiro atoms. The topological polar surface area (TPSA) is 150 Å². The molecule has 0 amide bonds. The maximum atomic E-state index is 12.8. The minimum Gasteiger partial charge on any atom is -0.462 e. The van der Waals surface area contributed by atoms with Gasteiger partial charge in [0.05, 0.1) is 12.2 Å². The van der Waals surface area contributed by atoms with Crippen molar-refractivity contribution in [3.05, 3.63) is 23.8 Å². The zero-order valence-electron chi connectivity index (χ0n) is 35.4. The summed E-state index contributed by atoms with van der Waals surface area (Å²) < 4.78 is 42.0. The van der Waals surface area contributed by atoms with Crippen LogP contribution in [0.2, 0.25) is 0 Å². The van der Waals surface area contributed by atoms with E-state index in [1.807, 2.05) is 0 Å². The Morgan fingerprint density at radius 1 is 0.804 bits per heavy atom. The summed E-state index contributed by atoms with van der Waals surface area (Å²) in [5, 5.41) is 0. The van der Waals surface area contributed by atoms with E-state index in [0.29, 0.717) is 24.7 Å². The fourth-order valence-electron chi connectivity index (χ4n) is 11.5. The van der Waals surface area contributed by atoms with Gasteiger partial charge in [0.15, 0.2) is 24.6 Å². The molecule has 0 aromatic heterocycles. The van der Waals surface area contributed by atoms with Gasteiger partial charge in [0.2, 0.25) is 0 Å². The number of hydrogen-bond donors (Lipinski definition) is 0. The molecule has 12 nitrogen and oxygen atoms in total. The number of esters is 5. The van der Waals surface area contributed by atoms with Crippen LogP contribution in [0, 0.1) is 46.3 Å². The summed E-state index contributed by atoms with van der Waals surface area (Å²) in [5.74, 6) is -1.16. The Morgan fingerprint density at radius 2 is 1.39 bits per heavy atom. The van der Waals surface area contributed by atoms with E-state index in [2.05, 4.69) is 47.3 Å². The van der Waals surface area contributed by atoms with Crippen LogP contribution in [0.1, 0.15) is 128 Å². The van der Waals surface area contributed by atoms with E-state index < -0.39 is 54.7 Å². The van der Waals surface area contributed by atoms with Crippen molar-refractivity contribution < 1.29 is 57.1 Å². The summed E-state index contributed by atoms with van der Waals surface area (Å²) in [4.78, 5) is 61.9. The molecule has 1 aliphatic heterocycles. The number of hydrogen-bond acceptors (Lipinski definition) is 12. The molecule has 56 heavy (non-hydrogen) atoms. The third-order valence-corrected chi connectivity index (χ3v) is 14.1. The fourth-order valence-corrected chi connectivity index (χ4v) is 11.5. The van der Waals surface area contributed by atoms with Gasteiger partial charge in [-0.05, 0) is 98.9 Å². The number of fused-ring (bicyclic) bond motifs is 5. The van der Waals surface area contributed by atoms with Crippen LogP contribution in [0.3, 0.4) is 0 Å². The Hall–Kier alpha value is -3.25. The van der Waals surface area contributed by atoms with E-state index in [0.717, 1.165) is 44.1 Å². The van der Waals surface area contributed by atoms with E-state index in [1.54, 1.807) is 6.92 Å². The number of carbonyl (C=O) groups excluding carboxylic acids is 5. The largest absolute Gasteiger partial charge is 0.462 e. The molecule has 0 unspecified atom stereocenters. The first-order valence-electron chi connectivity index (χ1n) is 20.7. The smallest absolute Gasteiger partial charge is 0.303 e. The molecule has 0 radical (unpaired) electrons. The molecular formula is C44H66O12. The van der Waals surface area contributed by atoms with Crippen molar-refractivity contribution in [1.29, 1.82) is 0 Å². The summed E-state index contributed by atoms with van der Waals surface area (Å²) >= 11 is 0. The highest BCUT2D eigenvalue weighted by molar-refractivity contribution is 5.69. The monoisotopic (exact) mass is 786 g/mol.